The Bertz CT molecular complexity index is 637. The molecule has 8 nitrogen and oxygen atoms in total. The normalized spacial score (nSPS) is 17.5. The van der Waals surface area contributed by atoms with E-state index in [1.807, 2.05) is 23.1 Å². The molecule has 0 bridgehead atoms. The monoisotopic (exact) mass is 365 g/mol. The van der Waals surface area contributed by atoms with Crippen molar-refractivity contribution in [2.45, 2.75) is 19.0 Å². The van der Waals surface area contributed by atoms with Crippen molar-refractivity contribution >= 4 is 11.8 Å². The number of rotatable bonds is 8. The molecule has 0 saturated carbocycles. The van der Waals surface area contributed by atoms with E-state index in [0.717, 1.165) is 5.56 Å². The molecule has 144 valence electrons. The molecular formula is C18H27N3O5. The van der Waals surface area contributed by atoms with Crippen LogP contribution in [0.25, 0.3) is 0 Å². The van der Waals surface area contributed by atoms with Crippen molar-refractivity contribution in [1.82, 2.24) is 15.1 Å². The van der Waals surface area contributed by atoms with Gasteiger partial charge in [-0.3, -0.25) is 14.5 Å². The number of benzene rings is 1. The zero-order valence-electron chi connectivity index (χ0n) is 15.5. The molecular weight excluding hydrogens is 338 g/mol. The van der Waals surface area contributed by atoms with Gasteiger partial charge in [-0.1, -0.05) is 6.07 Å². The quantitative estimate of drug-likeness (QED) is 0.666. The van der Waals surface area contributed by atoms with Gasteiger partial charge in [-0.05, 0) is 17.7 Å². The molecule has 26 heavy (non-hydrogen) atoms. The van der Waals surface area contributed by atoms with E-state index in [9.17, 15) is 9.59 Å². The van der Waals surface area contributed by atoms with E-state index in [4.69, 9.17) is 14.6 Å². The Hall–Kier alpha value is -2.32. The summed E-state index contributed by atoms with van der Waals surface area (Å²) in [5, 5.41) is 11.8. The average molecular weight is 365 g/mol. The first-order chi connectivity index (χ1) is 12.5. The highest BCUT2D eigenvalue weighted by Gasteiger charge is 2.32. The summed E-state index contributed by atoms with van der Waals surface area (Å²) in [7, 11) is 4.78. The van der Waals surface area contributed by atoms with E-state index in [0.29, 0.717) is 31.1 Å². The number of likely N-dealkylation sites (N-methyl/N-ethyl adjacent to an activating group) is 1. The maximum atomic E-state index is 12.3. The van der Waals surface area contributed by atoms with Crippen molar-refractivity contribution in [1.29, 1.82) is 0 Å². The number of nitrogens with one attached hydrogen (secondary N) is 1. The number of piperazine rings is 1. The second-order valence-electron chi connectivity index (χ2n) is 6.21. The zero-order chi connectivity index (χ0) is 19.1. The van der Waals surface area contributed by atoms with Crippen LogP contribution in [-0.2, 0) is 16.1 Å². The van der Waals surface area contributed by atoms with Crippen molar-refractivity contribution in [3.05, 3.63) is 23.8 Å². The van der Waals surface area contributed by atoms with Crippen LogP contribution in [0.4, 0.5) is 0 Å². The van der Waals surface area contributed by atoms with Gasteiger partial charge in [-0.15, -0.1) is 0 Å². The maximum absolute atomic E-state index is 12.3. The largest absolute Gasteiger partial charge is 0.493 e. The van der Waals surface area contributed by atoms with Crippen LogP contribution in [0.15, 0.2) is 18.2 Å². The molecule has 8 heteroatoms. The molecule has 1 saturated heterocycles. The summed E-state index contributed by atoms with van der Waals surface area (Å²) >= 11 is 0. The third kappa shape index (κ3) is 4.86. The van der Waals surface area contributed by atoms with Gasteiger partial charge < -0.3 is 24.8 Å². The van der Waals surface area contributed by atoms with Gasteiger partial charge in [-0.2, -0.15) is 0 Å². The predicted molar refractivity (Wildman–Crippen MR) is 96.1 cm³/mol. The van der Waals surface area contributed by atoms with Crippen molar-refractivity contribution < 1.29 is 24.2 Å². The highest BCUT2D eigenvalue weighted by atomic mass is 16.5. The molecule has 1 atom stereocenters. The number of carbonyl (C=O) groups is 2. The first-order valence-electron chi connectivity index (χ1n) is 8.57. The minimum absolute atomic E-state index is 0.0790. The molecule has 0 aromatic heterocycles. The fourth-order valence-corrected chi connectivity index (χ4v) is 2.98. The number of hydrogen-bond acceptors (Lipinski definition) is 6. The molecule has 0 unspecified atom stereocenters. The number of amides is 2. The van der Waals surface area contributed by atoms with Crippen molar-refractivity contribution in [2.24, 2.45) is 0 Å². The Morgan fingerprint density at radius 2 is 2.08 bits per heavy atom. The molecule has 2 amide bonds. The van der Waals surface area contributed by atoms with Crippen LogP contribution in [0.5, 0.6) is 11.5 Å². The lowest BCUT2D eigenvalue weighted by atomic mass is 10.1. The first-order valence-corrected chi connectivity index (χ1v) is 8.57. The van der Waals surface area contributed by atoms with Crippen LogP contribution >= 0.6 is 0 Å². The molecule has 1 heterocycles. The summed E-state index contributed by atoms with van der Waals surface area (Å²) in [6.07, 6.45) is 0.0790. The molecule has 1 aromatic carbocycles. The number of nitrogens with zero attached hydrogens (tertiary/aromatic N) is 2. The summed E-state index contributed by atoms with van der Waals surface area (Å²) in [4.78, 5) is 28.0. The minimum Gasteiger partial charge on any atom is -0.493 e. The minimum atomic E-state index is -0.537. The third-order valence-corrected chi connectivity index (χ3v) is 4.50. The second-order valence-corrected chi connectivity index (χ2v) is 6.21. The Morgan fingerprint density at radius 3 is 2.73 bits per heavy atom. The van der Waals surface area contributed by atoms with E-state index in [2.05, 4.69) is 5.32 Å². The molecule has 0 radical (unpaired) electrons. The van der Waals surface area contributed by atoms with Crippen LogP contribution in [-0.4, -0.2) is 80.3 Å². The summed E-state index contributed by atoms with van der Waals surface area (Å²) in [5.41, 5.74) is 0.971. The fraction of sp³-hybridized carbons (Fsp3) is 0.556. The molecule has 2 N–H and O–H groups in total. The number of hydrogen-bond donors (Lipinski definition) is 2. The van der Waals surface area contributed by atoms with E-state index >= 15 is 0 Å². The van der Waals surface area contributed by atoms with E-state index < -0.39 is 6.04 Å². The lowest BCUT2D eigenvalue weighted by molar-refractivity contribution is -0.138. The molecule has 1 fully saturated rings. The van der Waals surface area contributed by atoms with Crippen LogP contribution in [0.2, 0.25) is 0 Å². The standard InChI is InChI=1S/C18H27N3O5/c1-20(8-9-22)17(23)11-14-18(24)19-6-7-21(14)12-13-4-5-15(25-2)16(10-13)26-3/h4-5,10,14,22H,6-9,11-12H2,1-3H3,(H,19,24)/t14-/m0/s1. The molecule has 2 rings (SSSR count). The Morgan fingerprint density at radius 1 is 1.35 bits per heavy atom. The second kappa shape index (κ2) is 9.40. The first kappa shape index (κ1) is 20.0. The van der Waals surface area contributed by atoms with Gasteiger partial charge >= 0.3 is 0 Å². The Kier molecular flexibility index (Phi) is 7.23. The lowest BCUT2D eigenvalue weighted by Gasteiger charge is -2.35. The SMILES string of the molecule is COc1ccc(CN2CCNC(=O)[C@@H]2CC(=O)N(C)CCO)cc1OC. The van der Waals surface area contributed by atoms with Crippen molar-refractivity contribution in [2.75, 3.05) is 47.5 Å². The van der Waals surface area contributed by atoms with Crippen LogP contribution < -0.4 is 14.8 Å². The molecule has 0 spiro atoms. The fourth-order valence-electron chi connectivity index (χ4n) is 2.98. The van der Waals surface area contributed by atoms with Crippen LogP contribution in [0, 0.1) is 0 Å². The summed E-state index contributed by atoms with van der Waals surface area (Å²) < 4.78 is 10.6. The Balaban J connectivity index is 2.12. The number of aliphatic hydroxyl groups is 1. The van der Waals surface area contributed by atoms with Gasteiger partial charge in [0.2, 0.25) is 11.8 Å². The number of ether oxygens (including phenoxy) is 2. The number of carbonyl (C=O) groups excluding carboxylic acids is 2. The van der Waals surface area contributed by atoms with Gasteiger partial charge in [0.1, 0.15) is 0 Å². The topological polar surface area (TPSA) is 91.3 Å². The van der Waals surface area contributed by atoms with Crippen LogP contribution in [0.3, 0.4) is 0 Å². The van der Waals surface area contributed by atoms with Gasteiger partial charge in [0.15, 0.2) is 11.5 Å². The van der Waals surface area contributed by atoms with Gasteiger partial charge in [-0.25, -0.2) is 0 Å². The Labute approximate surface area is 153 Å². The maximum Gasteiger partial charge on any atom is 0.237 e. The third-order valence-electron chi connectivity index (χ3n) is 4.50. The smallest absolute Gasteiger partial charge is 0.237 e. The summed E-state index contributed by atoms with van der Waals surface area (Å²) in [5.74, 6) is 0.952. The highest BCUT2D eigenvalue weighted by Crippen LogP contribution is 2.28. The van der Waals surface area contributed by atoms with Crippen molar-refractivity contribution in [3.8, 4) is 11.5 Å². The molecule has 1 aliphatic heterocycles. The van der Waals surface area contributed by atoms with E-state index in [1.54, 1.807) is 21.3 Å². The molecule has 0 aliphatic carbocycles. The highest BCUT2D eigenvalue weighted by molar-refractivity contribution is 5.88. The lowest BCUT2D eigenvalue weighted by Crippen LogP contribution is -2.56. The number of aliphatic hydroxyl groups excluding tert-OH is 1. The van der Waals surface area contributed by atoms with Gasteiger partial charge in [0.05, 0.1) is 33.3 Å². The average Bonchev–Trinajstić information content (AvgIpc) is 2.64. The molecule has 1 aliphatic rings. The van der Waals surface area contributed by atoms with Gasteiger partial charge in [0.25, 0.3) is 0 Å². The molecule has 1 aromatic rings. The van der Waals surface area contributed by atoms with Crippen molar-refractivity contribution in [3.63, 3.8) is 0 Å². The summed E-state index contributed by atoms with van der Waals surface area (Å²) in [6.45, 7) is 1.87. The zero-order valence-corrected chi connectivity index (χ0v) is 15.5. The summed E-state index contributed by atoms with van der Waals surface area (Å²) in [6, 6.07) is 5.09. The van der Waals surface area contributed by atoms with Gasteiger partial charge in [0, 0.05) is 33.2 Å². The van der Waals surface area contributed by atoms with Crippen LogP contribution in [0.1, 0.15) is 12.0 Å². The van der Waals surface area contributed by atoms with E-state index in [1.165, 1.54) is 4.90 Å². The van der Waals surface area contributed by atoms with E-state index in [-0.39, 0.29) is 31.4 Å². The number of methoxy groups -OCH3 is 2. The predicted octanol–water partition coefficient (Wildman–Crippen LogP) is -0.155.